The molecule has 0 saturated carbocycles. The maximum absolute atomic E-state index is 11.6. The van der Waals surface area contributed by atoms with Gasteiger partial charge in [0.1, 0.15) is 0 Å². The summed E-state index contributed by atoms with van der Waals surface area (Å²) in [6, 6.07) is 0. The Morgan fingerprint density at radius 2 is 2.10 bits per heavy atom. The third kappa shape index (κ3) is 1.88. The third-order valence-electron chi connectivity index (χ3n) is 1.52. The summed E-state index contributed by atoms with van der Waals surface area (Å²) in [6.07, 6.45) is -2.28. The molecule has 1 saturated heterocycles. The zero-order valence-corrected chi connectivity index (χ0v) is 5.85. The molecule has 0 spiro atoms. The number of β-amino-alcohol motifs (C(OH)–C–C–N with tert-alkyl or cyclic N) is 1. The fourth-order valence-corrected chi connectivity index (χ4v) is 1.24. The van der Waals surface area contributed by atoms with Gasteiger partial charge in [0.25, 0.3) is 6.43 Å². The molecule has 1 fully saturated rings. The Morgan fingerprint density at radius 1 is 1.60 bits per heavy atom. The topological polar surface area (TPSA) is 23.5 Å². The van der Waals surface area contributed by atoms with E-state index >= 15 is 0 Å². The van der Waals surface area contributed by atoms with E-state index in [9.17, 15) is 8.78 Å². The van der Waals surface area contributed by atoms with E-state index in [1.807, 2.05) is 0 Å². The van der Waals surface area contributed by atoms with Gasteiger partial charge in [-0.25, -0.2) is 8.78 Å². The first-order valence-electron chi connectivity index (χ1n) is 3.22. The van der Waals surface area contributed by atoms with Crippen LogP contribution in [0.25, 0.3) is 0 Å². The lowest BCUT2D eigenvalue weighted by Gasteiger charge is -2.43. The third-order valence-corrected chi connectivity index (χ3v) is 1.52. The lowest BCUT2D eigenvalue weighted by molar-refractivity contribution is -0.0988. The van der Waals surface area contributed by atoms with Crippen molar-refractivity contribution >= 4 is 0 Å². The molecule has 1 heterocycles. The summed E-state index contributed by atoms with van der Waals surface area (Å²) in [4.78, 5) is 1.53. The Morgan fingerprint density at radius 3 is 2.40 bits per heavy atom. The van der Waals surface area contributed by atoms with Crippen molar-refractivity contribution in [3.8, 4) is 0 Å². The average Bonchev–Trinajstić information content (AvgIpc) is 1.57. The van der Waals surface area contributed by atoms with Gasteiger partial charge in [0, 0.05) is 13.1 Å². The first-order chi connectivity index (χ1) is 4.49. The van der Waals surface area contributed by atoms with Crippen LogP contribution in [0.2, 0.25) is 0 Å². The van der Waals surface area contributed by atoms with Gasteiger partial charge in [0.15, 0.2) is 0 Å². The molecule has 60 valence electrons. The molecule has 0 radical (unpaired) electrons. The fraction of sp³-hybridized carbons (Fsp3) is 1.00. The second-order valence-corrected chi connectivity index (χ2v) is 3.06. The van der Waals surface area contributed by atoms with Crippen LogP contribution in [0, 0.1) is 0 Å². The first kappa shape index (κ1) is 7.88. The lowest BCUT2D eigenvalue weighted by atomic mass is 9.97. The molecule has 1 aliphatic rings. The molecule has 0 aromatic rings. The fourth-order valence-electron chi connectivity index (χ4n) is 1.24. The molecule has 0 bridgehead atoms. The maximum Gasteiger partial charge on any atom is 0.251 e. The highest BCUT2D eigenvalue weighted by Crippen LogP contribution is 2.19. The molecule has 1 N–H and O–H groups in total. The normalized spacial score (nSPS) is 24.9. The lowest BCUT2D eigenvalue weighted by Crippen LogP contribution is -2.60. The van der Waals surface area contributed by atoms with Crippen LogP contribution < -0.4 is 0 Å². The Kier molecular flexibility index (Phi) is 1.92. The van der Waals surface area contributed by atoms with Gasteiger partial charge >= 0.3 is 0 Å². The van der Waals surface area contributed by atoms with Gasteiger partial charge in [0.2, 0.25) is 0 Å². The molecule has 0 aliphatic carbocycles. The van der Waals surface area contributed by atoms with Gasteiger partial charge < -0.3 is 5.11 Å². The second kappa shape index (κ2) is 2.43. The summed E-state index contributed by atoms with van der Waals surface area (Å²) < 4.78 is 23.3. The quantitative estimate of drug-likeness (QED) is 0.614. The predicted molar refractivity (Wildman–Crippen MR) is 33.1 cm³/mol. The van der Waals surface area contributed by atoms with E-state index in [-0.39, 0.29) is 6.54 Å². The Labute approximate surface area is 58.4 Å². The van der Waals surface area contributed by atoms with E-state index in [1.54, 1.807) is 6.92 Å². The van der Waals surface area contributed by atoms with Crippen molar-refractivity contribution in [3.05, 3.63) is 0 Å². The van der Waals surface area contributed by atoms with Crippen LogP contribution in [-0.2, 0) is 0 Å². The largest absolute Gasteiger partial charge is 0.388 e. The van der Waals surface area contributed by atoms with Crippen molar-refractivity contribution < 1.29 is 13.9 Å². The number of alkyl halides is 2. The van der Waals surface area contributed by atoms with Crippen molar-refractivity contribution in [2.24, 2.45) is 0 Å². The van der Waals surface area contributed by atoms with Gasteiger partial charge in [-0.1, -0.05) is 0 Å². The SMILES string of the molecule is CC1(O)CN(CC(F)F)C1. The molecule has 0 atom stereocenters. The van der Waals surface area contributed by atoms with Gasteiger partial charge in [-0.2, -0.15) is 0 Å². The number of halogens is 2. The van der Waals surface area contributed by atoms with Crippen LogP contribution in [0.3, 0.4) is 0 Å². The Hall–Kier alpha value is -0.220. The number of hydrogen-bond acceptors (Lipinski definition) is 2. The number of aliphatic hydroxyl groups is 1. The van der Waals surface area contributed by atoms with E-state index < -0.39 is 12.0 Å². The van der Waals surface area contributed by atoms with Crippen molar-refractivity contribution in [2.75, 3.05) is 19.6 Å². The number of nitrogens with zero attached hydrogens (tertiary/aromatic N) is 1. The highest BCUT2D eigenvalue weighted by molar-refractivity contribution is 4.91. The molecule has 4 heteroatoms. The minimum absolute atomic E-state index is 0.212. The highest BCUT2D eigenvalue weighted by atomic mass is 19.3. The maximum atomic E-state index is 11.6. The average molecular weight is 151 g/mol. The van der Waals surface area contributed by atoms with E-state index in [2.05, 4.69) is 0 Å². The first-order valence-corrected chi connectivity index (χ1v) is 3.22. The zero-order valence-electron chi connectivity index (χ0n) is 5.85. The molecule has 0 aromatic carbocycles. The number of likely N-dealkylation sites (tertiary alicyclic amines) is 1. The Balaban J connectivity index is 2.15. The second-order valence-electron chi connectivity index (χ2n) is 3.06. The van der Waals surface area contributed by atoms with E-state index in [1.165, 1.54) is 4.90 Å². The molecular formula is C6H11F2NO. The van der Waals surface area contributed by atoms with Crippen LogP contribution in [0.4, 0.5) is 8.78 Å². The monoisotopic (exact) mass is 151 g/mol. The molecule has 10 heavy (non-hydrogen) atoms. The molecular weight excluding hydrogens is 140 g/mol. The number of hydrogen-bond donors (Lipinski definition) is 1. The van der Waals surface area contributed by atoms with Gasteiger partial charge in [0.05, 0.1) is 12.1 Å². The molecule has 2 nitrogen and oxygen atoms in total. The standard InChI is InChI=1S/C6H11F2NO/c1-6(10)3-9(4-6)2-5(7)8/h5,10H,2-4H2,1H3. The van der Waals surface area contributed by atoms with E-state index in [0.29, 0.717) is 13.1 Å². The van der Waals surface area contributed by atoms with Gasteiger partial charge in [-0.15, -0.1) is 0 Å². The summed E-state index contributed by atoms with van der Waals surface area (Å²) in [5, 5.41) is 9.11. The van der Waals surface area contributed by atoms with Crippen molar-refractivity contribution in [1.82, 2.24) is 4.90 Å². The zero-order chi connectivity index (χ0) is 7.78. The van der Waals surface area contributed by atoms with E-state index in [4.69, 9.17) is 5.11 Å². The van der Waals surface area contributed by atoms with Crippen LogP contribution in [-0.4, -0.2) is 41.7 Å². The predicted octanol–water partition coefficient (Wildman–Crippen LogP) is 0.318. The highest BCUT2D eigenvalue weighted by Gasteiger charge is 2.37. The summed E-state index contributed by atoms with van der Waals surface area (Å²) in [5.74, 6) is 0. The van der Waals surface area contributed by atoms with Crippen molar-refractivity contribution in [2.45, 2.75) is 19.0 Å². The van der Waals surface area contributed by atoms with Gasteiger partial charge in [-0.3, -0.25) is 4.90 Å². The molecule has 0 unspecified atom stereocenters. The summed E-state index contributed by atoms with van der Waals surface area (Å²) >= 11 is 0. The Bertz CT molecular complexity index is 116. The summed E-state index contributed by atoms with van der Waals surface area (Å²) in [7, 11) is 0. The smallest absolute Gasteiger partial charge is 0.251 e. The van der Waals surface area contributed by atoms with Crippen LogP contribution in [0.1, 0.15) is 6.92 Å². The van der Waals surface area contributed by atoms with Crippen molar-refractivity contribution in [1.29, 1.82) is 0 Å². The van der Waals surface area contributed by atoms with Crippen LogP contribution in [0.5, 0.6) is 0 Å². The minimum atomic E-state index is -2.28. The molecule has 1 aliphatic heterocycles. The minimum Gasteiger partial charge on any atom is -0.388 e. The van der Waals surface area contributed by atoms with Crippen molar-refractivity contribution in [3.63, 3.8) is 0 Å². The van der Waals surface area contributed by atoms with Gasteiger partial charge in [-0.05, 0) is 6.92 Å². The number of rotatable bonds is 2. The van der Waals surface area contributed by atoms with Crippen LogP contribution in [0.15, 0.2) is 0 Å². The summed E-state index contributed by atoms with van der Waals surface area (Å²) in [5.41, 5.74) is -0.727. The molecule has 0 aromatic heterocycles. The molecule has 1 rings (SSSR count). The van der Waals surface area contributed by atoms with Crippen LogP contribution >= 0.6 is 0 Å². The van der Waals surface area contributed by atoms with E-state index in [0.717, 1.165) is 0 Å². The molecule has 0 amide bonds. The summed E-state index contributed by atoms with van der Waals surface area (Å²) in [6.45, 7) is 2.18.